The molecule has 28 heavy (non-hydrogen) atoms. The predicted octanol–water partition coefficient (Wildman–Crippen LogP) is 4.34. The lowest BCUT2D eigenvalue weighted by Gasteiger charge is -2.21. The van der Waals surface area contributed by atoms with Gasteiger partial charge < -0.3 is 20.7 Å². The van der Waals surface area contributed by atoms with Crippen LogP contribution in [0.5, 0.6) is 5.75 Å². The molecule has 0 bridgehead atoms. The lowest BCUT2D eigenvalue weighted by Crippen LogP contribution is -2.20. The SMILES string of the molecule is CN(Cc1ccccc1)c1ncnc(Nc2ccc(OC(F)(F)F)cc2)c1N. The van der Waals surface area contributed by atoms with Crippen molar-refractivity contribution in [2.45, 2.75) is 12.9 Å². The molecule has 0 radical (unpaired) electrons. The van der Waals surface area contributed by atoms with E-state index in [4.69, 9.17) is 5.73 Å². The van der Waals surface area contributed by atoms with E-state index in [0.29, 0.717) is 29.6 Å². The van der Waals surface area contributed by atoms with Crippen molar-refractivity contribution in [2.75, 3.05) is 23.0 Å². The Hall–Kier alpha value is -3.49. The minimum Gasteiger partial charge on any atom is -0.406 e. The Labute approximate surface area is 159 Å². The van der Waals surface area contributed by atoms with Crippen LogP contribution >= 0.6 is 0 Å². The molecule has 0 aliphatic carbocycles. The molecule has 1 aromatic heterocycles. The molecule has 0 fully saturated rings. The zero-order chi connectivity index (χ0) is 20.1. The monoisotopic (exact) mass is 389 g/mol. The van der Waals surface area contributed by atoms with E-state index in [1.165, 1.54) is 30.6 Å². The quantitative estimate of drug-likeness (QED) is 0.653. The number of anilines is 4. The Kier molecular flexibility index (Phi) is 5.53. The molecule has 0 aliphatic rings. The standard InChI is InChI=1S/C19H18F3N5O/c1-27(11-13-5-3-2-4-6-13)18-16(23)17(24-12-25-18)26-14-7-9-15(10-8-14)28-19(20,21)22/h2-10,12H,11,23H2,1H3,(H,24,25,26). The van der Waals surface area contributed by atoms with E-state index in [9.17, 15) is 13.2 Å². The van der Waals surface area contributed by atoms with Crippen molar-refractivity contribution in [3.05, 3.63) is 66.5 Å². The van der Waals surface area contributed by atoms with E-state index >= 15 is 0 Å². The topological polar surface area (TPSA) is 76.3 Å². The summed E-state index contributed by atoms with van der Waals surface area (Å²) in [7, 11) is 1.86. The van der Waals surface area contributed by atoms with E-state index in [2.05, 4.69) is 20.0 Å². The number of benzene rings is 2. The first-order chi connectivity index (χ1) is 13.3. The lowest BCUT2D eigenvalue weighted by atomic mass is 10.2. The van der Waals surface area contributed by atoms with Crippen molar-refractivity contribution < 1.29 is 17.9 Å². The third kappa shape index (κ3) is 5.03. The summed E-state index contributed by atoms with van der Waals surface area (Å²) in [5.41, 5.74) is 8.13. The van der Waals surface area contributed by atoms with Crippen LogP contribution in [0.4, 0.5) is 36.2 Å². The van der Waals surface area contributed by atoms with Gasteiger partial charge >= 0.3 is 6.36 Å². The molecule has 9 heteroatoms. The number of halogens is 3. The second-order valence-corrected chi connectivity index (χ2v) is 6.00. The molecule has 0 spiro atoms. The minimum atomic E-state index is -4.73. The summed E-state index contributed by atoms with van der Waals surface area (Å²) < 4.78 is 40.6. The Morgan fingerprint density at radius 1 is 1.04 bits per heavy atom. The van der Waals surface area contributed by atoms with Gasteiger partial charge in [0, 0.05) is 19.3 Å². The molecule has 0 unspecified atom stereocenters. The molecule has 146 valence electrons. The van der Waals surface area contributed by atoms with Gasteiger partial charge in [0.25, 0.3) is 0 Å². The number of nitrogens with zero attached hydrogens (tertiary/aromatic N) is 3. The van der Waals surface area contributed by atoms with Gasteiger partial charge in [-0.05, 0) is 29.8 Å². The van der Waals surface area contributed by atoms with Gasteiger partial charge in [-0.2, -0.15) is 0 Å². The Morgan fingerprint density at radius 3 is 2.36 bits per heavy atom. The van der Waals surface area contributed by atoms with Gasteiger partial charge in [0.05, 0.1) is 0 Å². The third-order valence-electron chi connectivity index (χ3n) is 3.84. The highest BCUT2D eigenvalue weighted by atomic mass is 19.4. The zero-order valence-electron chi connectivity index (χ0n) is 14.9. The molecule has 0 atom stereocenters. The summed E-state index contributed by atoms with van der Waals surface area (Å²) in [5.74, 6) is 0.588. The van der Waals surface area contributed by atoms with Gasteiger partial charge in [0.2, 0.25) is 0 Å². The molecular weight excluding hydrogens is 371 g/mol. The fraction of sp³-hybridized carbons (Fsp3) is 0.158. The minimum absolute atomic E-state index is 0.308. The summed E-state index contributed by atoms with van der Waals surface area (Å²) in [6, 6.07) is 15.1. The molecule has 2 aromatic carbocycles. The molecule has 0 saturated heterocycles. The number of hydrogen-bond donors (Lipinski definition) is 2. The Balaban J connectivity index is 1.74. The second kappa shape index (κ2) is 8.03. The average Bonchev–Trinajstić information content (AvgIpc) is 2.64. The number of hydrogen-bond acceptors (Lipinski definition) is 6. The zero-order valence-corrected chi connectivity index (χ0v) is 14.9. The highest BCUT2D eigenvalue weighted by Crippen LogP contribution is 2.30. The van der Waals surface area contributed by atoms with Crippen LogP contribution in [0.15, 0.2) is 60.9 Å². The maximum Gasteiger partial charge on any atom is 0.573 e. The van der Waals surface area contributed by atoms with Crippen LogP contribution in [0.25, 0.3) is 0 Å². The van der Waals surface area contributed by atoms with Crippen molar-refractivity contribution in [2.24, 2.45) is 0 Å². The van der Waals surface area contributed by atoms with Crippen molar-refractivity contribution in [3.8, 4) is 5.75 Å². The normalized spacial score (nSPS) is 11.1. The van der Waals surface area contributed by atoms with Crippen LogP contribution in [0.1, 0.15) is 5.56 Å². The summed E-state index contributed by atoms with van der Waals surface area (Å²) in [4.78, 5) is 10.2. The maximum atomic E-state index is 12.2. The summed E-state index contributed by atoms with van der Waals surface area (Å²) in [5, 5.41) is 2.98. The maximum absolute atomic E-state index is 12.2. The van der Waals surface area contributed by atoms with Crippen LogP contribution in [0.3, 0.4) is 0 Å². The molecule has 3 aromatic rings. The first kappa shape index (κ1) is 19.3. The third-order valence-corrected chi connectivity index (χ3v) is 3.84. The van der Waals surface area contributed by atoms with Gasteiger partial charge in [0.1, 0.15) is 17.8 Å². The van der Waals surface area contributed by atoms with Crippen molar-refractivity contribution in [1.82, 2.24) is 9.97 Å². The number of aromatic nitrogens is 2. The van der Waals surface area contributed by atoms with E-state index < -0.39 is 6.36 Å². The van der Waals surface area contributed by atoms with Gasteiger partial charge in [0.15, 0.2) is 11.6 Å². The fourth-order valence-corrected chi connectivity index (χ4v) is 2.60. The van der Waals surface area contributed by atoms with Crippen LogP contribution in [-0.2, 0) is 6.54 Å². The van der Waals surface area contributed by atoms with Crippen molar-refractivity contribution in [1.29, 1.82) is 0 Å². The van der Waals surface area contributed by atoms with Crippen LogP contribution < -0.4 is 20.7 Å². The first-order valence-corrected chi connectivity index (χ1v) is 8.30. The Morgan fingerprint density at radius 2 is 1.71 bits per heavy atom. The van der Waals surface area contributed by atoms with Crippen molar-refractivity contribution in [3.63, 3.8) is 0 Å². The first-order valence-electron chi connectivity index (χ1n) is 8.30. The number of nitrogen functional groups attached to an aromatic ring is 1. The van der Waals surface area contributed by atoms with E-state index in [1.54, 1.807) is 0 Å². The summed E-state index contributed by atoms with van der Waals surface area (Å²) in [6.07, 6.45) is -3.36. The summed E-state index contributed by atoms with van der Waals surface area (Å²) >= 11 is 0. The van der Waals surface area contributed by atoms with E-state index in [-0.39, 0.29) is 5.75 Å². The molecule has 1 heterocycles. The summed E-state index contributed by atoms with van der Waals surface area (Å²) in [6.45, 7) is 0.602. The van der Waals surface area contributed by atoms with E-state index in [0.717, 1.165) is 5.56 Å². The van der Waals surface area contributed by atoms with Crippen LogP contribution in [0.2, 0.25) is 0 Å². The van der Waals surface area contributed by atoms with Crippen molar-refractivity contribution >= 4 is 23.0 Å². The molecule has 0 aliphatic heterocycles. The smallest absolute Gasteiger partial charge is 0.406 e. The van der Waals surface area contributed by atoms with E-state index in [1.807, 2.05) is 42.3 Å². The van der Waals surface area contributed by atoms with Gasteiger partial charge in [-0.15, -0.1) is 13.2 Å². The molecular formula is C19H18F3N5O. The number of ether oxygens (including phenoxy) is 1. The molecule has 3 rings (SSSR count). The average molecular weight is 389 g/mol. The largest absolute Gasteiger partial charge is 0.573 e. The molecule has 0 saturated carbocycles. The fourth-order valence-electron chi connectivity index (χ4n) is 2.60. The van der Waals surface area contributed by atoms with Gasteiger partial charge in [-0.1, -0.05) is 30.3 Å². The van der Waals surface area contributed by atoms with Gasteiger partial charge in [-0.3, -0.25) is 0 Å². The lowest BCUT2D eigenvalue weighted by molar-refractivity contribution is -0.274. The molecule has 3 N–H and O–H groups in total. The number of nitrogens with one attached hydrogen (secondary N) is 1. The Bertz CT molecular complexity index is 917. The predicted molar refractivity (Wildman–Crippen MR) is 101 cm³/mol. The number of rotatable bonds is 6. The number of alkyl halides is 3. The highest BCUT2D eigenvalue weighted by molar-refractivity contribution is 5.78. The molecule has 0 amide bonds. The number of nitrogens with two attached hydrogens (primary N) is 1. The van der Waals surface area contributed by atoms with Crippen LogP contribution in [-0.4, -0.2) is 23.4 Å². The second-order valence-electron chi connectivity index (χ2n) is 6.00. The van der Waals surface area contributed by atoms with Gasteiger partial charge in [-0.25, -0.2) is 9.97 Å². The van der Waals surface area contributed by atoms with Crippen LogP contribution in [0, 0.1) is 0 Å². The molecule has 6 nitrogen and oxygen atoms in total. The highest BCUT2D eigenvalue weighted by Gasteiger charge is 2.30.